The summed E-state index contributed by atoms with van der Waals surface area (Å²) in [5, 5.41) is 12.4. The number of hydrogen-bond acceptors (Lipinski definition) is 7. The van der Waals surface area contributed by atoms with Crippen molar-refractivity contribution in [1.82, 2.24) is 14.8 Å². The fourth-order valence-electron chi connectivity index (χ4n) is 5.37. The van der Waals surface area contributed by atoms with Crippen LogP contribution < -0.4 is 15.1 Å². The van der Waals surface area contributed by atoms with E-state index in [2.05, 4.69) is 21.8 Å². The summed E-state index contributed by atoms with van der Waals surface area (Å²) in [6, 6.07) is 5.53. The number of rotatable bonds is 7. The molecule has 0 radical (unpaired) electrons. The Balaban J connectivity index is 1.53. The van der Waals surface area contributed by atoms with Crippen LogP contribution in [-0.4, -0.2) is 85.5 Å². The quantitative estimate of drug-likeness (QED) is 0.389. The molecule has 1 aromatic carbocycles. The Hall–Kier alpha value is -4.18. The van der Waals surface area contributed by atoms with Crippen LogP contribution in [0.5, 0.6) is 0 Å². The highest BCUT2D eigenvalue weighted by atomic mass is 19.4. The van der Waals surface area contributed by atoms with Gasteiger partial charge in [-0.05, 0) is 56.7 Å². The smallest absolute Gasteiger partial charge is 0.370 e. The van der Waals surface area contributed by atoms with Crippen LogP contribution in [0.1, 0.15) is 29.7 Å². The first kappa shape index (κ1) is 30.8. The van der Waals surface area contributed by atoms with E-state index in [9.17, 15) is 32.4 Å². The molecule has 0 unspecified atom stereocenters. The van der Waals surface area contributed by atoms with Crippen LogP contribution in [0.2, 0.25) is 0 Å². The van der Waals surface area contributed by atoms with Crippen molar-refractivity contribution >= 4 is 29.0 Å². The molecular weight excluding hydrogens is 554 g/mol. The number of aryl methyl sites for hydroxylation is 1. The lowest BCUT2D eigenvalue weighted by molar-refractivity contribution is -0.137. The van der Waals surface area contributed by atoms with Crippen LogP contribution in [0.3, 0.4) is 0 Å². The third-order valence-electron chi connectivity index (χ3n) is 7.59. The lowest BCUT2D eigenvalue weighted by Gasteiger charge is -2.37. The van der Waals surface area contributed by atoms with E-state index < -0.39 is 35.1 Å². The summed E-state index contributed by atoms with van der Waals surface area (Å²) < 4.78 is 55.4. The molecule has 4 rings (SSSR count). The third kappa shape index (κ3) is 6.82. The number of anilines is 3. The van der Waals surface area contributed by atoms with Gasteiger partial charge in [-0.1, -0.05) is 6.58 Å². The number of aromatic nitrogens is 1. The number of alkyl halides is 3. The van der Waals surface area contributed by atoms with Gasteiger partial charge in [0.1, 0.15) is 29.3 Å². The minimum absolute atomic E-state index is 0.0487. The molecular formula is C29H33F4N7O2. The number of piperazine rings is 1. The summed E-state index contributed by atoms with van der Waals surface area (Å²) >= 11 is 0. The Morgan fingerprint density at radius 2 is 1.88 bits per heavy atom. The maximum absolute atomic E-state index is 14.4. The molecule has 2 aromatic rings. The van der Waals surface area contributed by atoms with E-state index in [0.29, 0.717) is 44.0 Å². The molecule has 0 bridgehead atoms. The molecule has 2 aliphatic rings. The molecule has 42 heavy (non-hydrogen) atoms. The fourth-order valence-corrected chi connectivity index (χ4v) is 5.37. The van der Waals surface area contributed by atoms with Crippen LogP contribution in [0.4, 0.5) is 34.8 Å². The number of fused-ring (bicyclic) bond motifs is 1. The molecule has 1 saturated heterocycles. The molecule has 1 atom stereocenters. The van der Waals surface area contributed by atoms with Crippen molar-refractivity contribution in [3.8, 4) is 6.07 Å². The zero-order chi connectivity index (χ0) is 30.6. The standard InChI is InChI=1S/C29H33F4N7O2/c1-4-26(41)40-14-12-38(13-15-40)9-5-10-39-11-8-23(28(42)37(3)24-7-6-20(30)17-25(24)39)36-27-21(18-34)22(29(31,32)33)16-19(2)35-27/h4,6-7,16-17,23H,1,5,8-15H2,2-3H3,(H,35,36)/t23-/m0/s1. The lowest BCUT2D eigenvalue weighted by atomic mass is 10.0. The summed E-state index contributed by atoms with van der Waals surface area (Å²) in [4.78, 5) is 36.8. The average Bonchev–Trinajstić information content (AvgIpc) is 2.96. The van der Waals surface area contributed by atoms with Crippen molar-refractivity contribution in [2.75, 3.05) is 68.0 Å². The molecule has 2 aliphatic heterocycles. The van der Waals surface area contributed by atoms with Gasteiger partial charge in [0, 0.05) is 52.0 Å². The van der Waals surface area contributed by atoms with Gasteiger partial charge < -0.3 is 20.0 Å². The molecule has 1 fully saturated rings. The van der Waals surface area contributed by atoms with E-state index in [-0.39, 0.29) is 23.8 Å². The van der Waals surface area contributed by atoms with Gasteiger partial charge in [0.2, 0.25) is 11.8 Å². The van der Waals surface area contributed by atoms with Gasteiger partial charge in [-0.2, -0.15) is 18.4 Å². The highest BCUT2D eigenvalue weighted by Gasteiger charge is 2.37. The summed E-state index contributed by atoms with van der Waals surface area (Å²) in [5.41, 5.74) is -0.759. The number of halogens is 4. The topological polar surface area (TPSA) is 95.8 Å². The first-order valence-electron chi connectivity index (χ1n) is 13.6. The SMILES string of the molecule is C=CC(=O)N1CCN(CCCN2CC[C@H](Nc3nc(C)cc(C(F)(F)F)c3C#N)C(=O)N(C)c3ccc(F)cc32)CC1. The van der Waals surface area contributed by atoms with Gasteiger partial charge in [0.05, 0.1) is 16.9 Å². The number of benzene rings is 1. The lowest BCUT2D eigenvalue weighted by Crippen LogP contribution is -2.49. The van der Waals surface area contributed by atoms with Crippen molar-refractivity contribution in [2.45, 2.75) is 32.0 Å². The van der Waals surface area contributed by atoms with E-state index in [1.807, 2.05) is 4.90 Å². The number of carbonyl (C=O) groups is 2. The first-order chi connectivity index (χ1) is 19.9. The second-order valence-corrected chi connectivity index (χ2v) is 10.4. The number of hydrogen-bond donors (Lipinski definition) is 1. The number of nitrogens with one attached hydrogen (secondary N) is 1. The Kier molecular flexibility index (Phi) is 9.36. The van der Waals surface area contributed by atoms with Gasteiger partial charge in [0.25, 0.3) is 0 Å². The number of nitrogens with zero attached hydrogens (tertiary/aromatic N) is 6. The molecule has 224 valence electrons. The Morgan fingerprint density at radius 3 is 2.52 bits per heavy atom. The highest BCUT2D eigenvalue weighted by Crippen LogP contribution is 2.36. The van der Waals surface area contributed by atoms with Gasteiger partial charge in [-0.25, -0.2) is 9.37 Å². The molecule has 1 aromatic heterocycles. The van der Waals surface area contributed by atoms with Crippen molar-refractivity contribution in [3.05, 3.63) is 59.6 Å². The third-order valence-corrected chi connectivity index (χ3v) is 7.59. The summed E-state index contributed by atoms with van der Waals surface area (Å²) in [7, 11) is 1.53. The Bertz CT molecular complexity index is 1380. The highest BCUT2D eigenvalue weighted by molar-refractivity contribution is 6.01. The largest absolute Gasteiger partial charge is 0.417 e. The van der Waals surface area contributed by atoms with Gasteiger partial charge in [-0.15, -0.1) is 0 Å². The van der Waals surface area contributed by atoms with Crippen molar-refractivity contribution < 1.29 is 27.2 Å². The van der Waals surface area contributed by atoms with Crippen LogP contribution >= 0.6 is 0 Å². The van der Waals surface area contributed by atoms with Gasteiger partial charge in [0.15, 0.2) is 0 Å². The number of nitriles is 1. The zero-order valence-corrected chi connectivity index (χ0v) is 23.5. The molecule has 0 aliphatic carbocycles. The van der Waals surface area contributed by atoms with E-state index in [0.717, 1.165) is 25.7 Å². The second kappa shape index (κ2) is 12.8. The predicted octanol–water partition coefficient (Wildman–Crippen LogP) is 3.79. The number of likely N-dealkylation sites (N-methyl/N-ethyl adjacent to an activating group) is 1. The van der Waals surface area contributed by atoms with E-state index in [1.165, 1.54) is 43.1 Å². The van der Waals surface area contributed by atoms with Gasteiger partial charge >= 0.3 is 6.18 Å². The van der Waals surface area contributed by atoms with E-state index in [4.69, 9.17) is 0 Å². The molecule has 0 spiro atoms. The second-order valence-electron chi connectivity index (χ2n) is 10.4. The van der Waals surface area contributed by atoms with Crippen LogP contribution in [0.25, 0.3) is 0 Å². The average molecular weight is 588 g/mol. The normalized spacial score (nSPS) is 18.2. The Labute approximate surface area is 242 Å². The van der Waals surface area contributed by atoms with Crippen molar-refractivity contribution in [3.63, 3.8) is 0 Å². The Morgan fingerprint density at radius 1 is 1.17 bits per heavy atom. The molecule has 13 heteroatoms. The minimum Gasteiger partial charge on any atom is -0.370 e. The van der Waals surface area contributed by atoms with Crippen LogP contribution in [0, 0.1) is 24.1 Å². The molecule has 3 heterocycles. The summed E-state index contributed by atoms with van der Waals surface area (Å²) in [5.74, 6) is -1.31. The molecule has 9 nitrogen and oxygen atoms in total. The summed E-state index contributed by atoms with van der Waals surface area (Å²) in [6.45, 7) is 9.15. The minimum atomic E-state index is -4.77. The maximum atomic E-state index is 14.4. The molecule has 1 N–H and O–H groups in total. The van der Waals surface area contributed by atoms with Crippen LogP contribution in [0.15, 0.2) is 36.9 Å². The van der Waals surface area contributed by atoms with Gasteiger partial charge in [-0.3, -0.25) is 14.5 Å². The van der Waals surface area contributed by atoms with E-state index >= 15 is 0 Å². The monoisotopic (exact) mass is 587 g/mol. The van der Waals surface area contributed by atoms with Crippen LogP contribution in [-0.2, 0) is 15.8 Å². The number of amides is 2. The maximum Gasteiger partial charge on any atom is 0.417 e. The number of pyridine rings is 1. The van der Waals surface area contributed by atoms with E-state index in [1.54, 1.807) is 11.0 Å². The summed E-state index contributed by atoms with van der Waals surface area (Å²) in [6.07, 6.45) is -2.58. The molecule has 0 saturated carbocycles. The van der Waals surface area contributed by atoms with Crippen molar-refractivity contribution in [1.29, 1.82) is 5.26 Å². The first-order valence-corrected chi connectivity index (χ1v) is 13.6. The molecule has 2 amide bonds. The van der Waals surface area contributed by atoms with Crippen molar-refractivity contribution in [2.24, 2.45) is 0 Å². The number of carbonyl (C=O) groups excluding carboxylic acids is 2. The fraction of sp³-hybridized carbons (Fsp3) is 0.448. The predicted molar refractivity (Wildman–Crippen MR) is 151 cm³/mol. The zero-order valence-electron chi connectivity index (χ0n) is 23.5.